The standard InChI is InChI=1S/C23H26N4O2/c24-22-8-4-7-20(26-22)15-23(29)27-19-11-9-17(10-12-19)13-14-25-16-21(28)18-5-2-1-3-6-18/h1-12,21,25,28H,13-16H2,(H2,24,26)(H,27,29). The van der Waals surface area contributed by atoms with Crippen LogP contribution >= 0.6 is 0 Å². The zero-order valence-electron chi connectivity index (χ0n) is 16.2. The maximum absolute atomic E-state index is 12.1. The molecule has 3 aromatic rings. The number of carbonyl (C=O) groups excluding carboxylic acids is 1. The first-order valence-corrected chi connectivity index (χ1v) is 9.64. The molecule has 0 bridgehead atoms. The fraction of sp³-hybridized carbons (Fsp3) is 0.217. The fourth-order valence-corrected chi connectivity index (χ4v) is 2.99. The van der Waals surface area contributed by atoms with Gasteiger partial charge in [0.1, 0.15) is 5.82 Å². The predicted octanol–water partition coefficient (Wildman–Crippen LogP) is 2.71. The van der Waals surface area contributed by atoms with E-state index in [1.54, 1.807) is 18.2 Å². The third kappa shape index (κ3) is 6.71. The van der Waals surface area contributed by atoms with Crippen LogP contribution in [0.15, 0.2) is 72.8 Å². The number of amides is 1. The van der Waals surface area contributed by atoms with Crippen molar-refractivity contribution in [1.82, 2.24) is 10.3 Å². The number of hydrogen-bond donors (Lipinski definition) is 4. The number of aliphatic hydroxyl groups excluding tert-OH is 1. The Morgan fingerprint density at radius 1 is 1.00 bits per heavy atom. The molecule has 0 saturated heterocycles. The summed E-state index contributed by atoms with van der Waals surface area (Å²) < 4.78 is 0. The van der Waals surface area contributed by atoms with Gasteiger partial charge in [-0.1, -0.05) is 48.5 Å². The summed E-state index contributed by atoms with van der Waals surface area (Å²) in [5, 5.41) is 16.3. The minimum absolute atomic E-state index is 0.132. The van der Waals surface area contributed by atoms with E-state index in [-0.39, 0.29) is 12.3 Å². The number of pyridine rings is 1. The highest BCUT2D eigenvalue weighted by Gasteiger charge is 2.07. The molecule has 0 spiro atoms. The number of nitrogens with two attached hydrogens (primary N) is 1. The Bertz CT molecular complexity index is 914. The van der Waals surface area contributed by atoms with Gasteiger partial charge in [-0.05, 0) is 48.4 Å². The van der Waals surface area contributed by atoms with Crippen LogP contribution in [-0.4, -0.2) is 29.1 Å². The van der Waals surface area contributed by atoms with Gasteiger partial charge in [-0.3, -0.25) is 4.79 Å². The van der Waals surface area contributed by atoms with Crippen LogP contribution in [-0.2, 0) is 17.6 Å². The zero-order valence-corrected chi connectivity index (χ0v) is 16.2. The number of carbonyl (C=O) groups is 1. The van der Waals surface area contributed by atoms with E-state index in [0.29, 0.717) is 18.1 Å². The van der Waals surface area contributed by atoms with Gasteiger partial charge in [0.25, 0.3) is 0 Å². The molecule has 1 unspecified atom stereocenters. The van der Waals surface area contributed by atoms with Crippen LogP contribution in [0.1, 0.15) is 22.9 Å². The van der Waals surface area contributed by atoms with Gasteiger partial charge in [-0.2, -0.15) is 0 Å². The molecule has 3 rings (SSSR count). The first kappa shape index (κ1) is 20.5. The van der Waals surface area contributed by atoms with Gasteiger partial charge in [0.2, 0.25) is 5.91 Å². The van der Waals surface area contributed by atoms with E-state index in [1.165, 1.54) is 0 Å². The normalized spacial score (nSPS) is 11.8. The smallest absolute Gasteiger partial charge is 0.230 e. The molecule has 1 atom stereocenters. The lowest BCUT2D eigenvalue weighted by atomic mass is 10.1. The molecule has 0 aliphatic rings. The maximum Gasteiger partial charge on any atom is 0.230 e. The van der Waals surface area contributed by atoms with E-state index in [2.05, 4.69) is 15.6 Å². The van der Waals surface area contributed by atoms with Gasteiger partial charge in [-0.15, -0.1) is 0 Å². The molecule has 0 aliphatic heterocycles. The zero-order chi connectivity index (χ0) is 20.5. The number of nitrogens with zero attached hydrogens (tertiary/aromatic N) is 1. The quantitative estimate of drug-likeness (QED) is 0.421. The van der Waals surface area contributed by atoms with Gasteiger partial charge in [0.05, 0.1) is 18.2 Å². The van der Waals surface area contributed by atoms with Crippen molar-refractivity contribution in [2.24, 2.45) is 0 Å². The van der Waals surface area contributed by atoms with Gasteiger partial charge < -0.3 is 21.5 Å². The number of nitrogens with one attached hydrogen (secondary N) is 2. The summed E-state index contributed by atoms with van der Waals surface area (Å²) in [5.41, 5.74) is 9.09. The lowest BCUT2D eigenvalue weighted by molar-refractivity contribution is -0.115. The SMILES string of the molecule is Nc1cccc(CC(=O)Nc2ccc(CCNCC(O)c3ccccc3)cc2)n1. The maximum atomic E-state index is 12.1. The minimum atomic E-state index is -0.511. The highest BCUT2D eigenvalue weighted by Crippen LogP contribution is 2.12. The lowest BCUT2D eigenvalue weighted by Crippen LogP contribution is -2.23. The van der Waals surface area contributed by atoms with Crippen LogP contribution in [0, 0.1) is 0 Å². The predicted molar refractivity (Wildman–Crippen MR) is 115 cm³/mol. The molecule has 0 fully saturated rings. The molecule has 29 heavy (non-hydrogen) atoms. The van der Waals surface area contributed by atoms with Gasteiger partial charge >= 0.3 is 0 Å². The summed E-state index contributed by atoms with van der Waals surface area (Å²) >= 11 is 0. The highest BCUT2D eigenvalue weighted by atomic mass is 16.3. The molecule has 6 nitrogen and oxygen atoms in total. The summed E-state index contributed by atoms with van der Waals surface area (Å²) in [4.78, 5) is 16.3. The molecule has 0 aliphatic carbocycles. The Morgan fingerprint density at radius 2 is 1.76 bits per heavy atom. The van der Waals surface area contributed by atoms with E-state index in [9.17, 15) is 9.90 Å². The molecule has 2 aromatic carbocycles. The van der Waals surface area contributed by atoms with Crippen LogP contribution in [0.2, 0.25) is 0 Å². The average Bonchev–Trinajstić information content (AvgIpc) is 2.73. The number of rotatable bonds is 9. The molecule has 6 heteroatoms. The van der Waals surface area contributed by atoms with Crippen molar-refractivity contribution in [1.29, 1.82) is 0 Å². The second-order valence-corrected chi connectivity index (χ2v) is 6.86. The summed E-state index contributed by atoms with van der Waals surface area (Å²) in [5.74, 6) is 0.275. The van der Waals surface area contributed by atoms with E-state index in [1.807, 2.05) is 54.6 Å². The Kier molecular flexibility index (Phi) is 7.33. The Hall–Kier alpha value is -3.22. The van der Waals surface area contributed by atoms with Crippen LogP contribution in [0.25, 0.3) is 0 Å². The number of aromatic nitrogens is 1. The average molecular weight is 390 g/mol. The van der Waals surface area contributed by atoms with Crippen molar-refractivity contribution in [2.75, 3.05) is 24.1 Å². The number of nitrogen functional groups attached to an aromatic ring is 1. The molecule has 1 aromatic heterocycles. The van der Waals surface area contributed by atoms with Gasteiger partial charge in [-0.25, -0.2) is 4.98 Å². The van der Waals surface area contributed by atoms with Crippen molar-refractivity contribution in [3.05, 3.63) is 89.6 Å². The van der Waals surface area contributed by atoms with Gasteiger partial charge in [0.15, 0.2) is 0 Å². The number of aliphatic hydroxyl groups is 1. The van der Waals surface area contributed by atoms with E-state index in [4.69, 9.17) is 5.73 Å². The first-order chi connectivity index (χ1) is 14.1. The molecule has 1 heterocycles. The third-order valence-corrected chi connectivity index (χ3v) is 4.52. The Balaban J connectivity index is 1.40. The monoisotopic (exact) mass is 390 g/mol. The molecule has 1 amide bonds. The Labute approximate surface area is 170 Å². The fourth-order valence-electron chi connectivity index (χ4n) is 2.99. The van der Waals surface area contributed by atoms with E-state index >= 15 is 0 Å². The second kappa shape index (κ2) is 10.4. The summed E-state index contributed by atoms with van der Waals surface area (Å²) in [7, 11) is 0. The van der Waals surface area contributed by atoms with Crippen molar-refractivity contribution in [2.45, 2.75) is 18.9 Å². The number of benzene rings is 2. The van der Waals surface area contributed by atoms with Crippen LogP contribution in [0.5, 0.6) is 0 Å². The summed E-state index contributed by atoms with van der Waals surface area (Å²) in [6, 6.07) is 22.6. The first-order valence-electron chi connectivity index (χ1n) is 9.64. The van der Waals surface area contributed by atoms with Crippen LogP contribution in [0.3, 0.4) is 0 Å². The van der Waals surface area contributed by atoms with Gasteiger partial charge in [0, 0.05) is 12.2 Å². The van der Waals surface area contributed by atoms with Crippen LogP contribution in [0.4, 0.5) is 11.5 Å². The molecule has 150 valence electrons. The van der Waals surface area contributed by atoms with Crippen LogP contribution < -0.4 is 16.4 Å². The van der Waals surface area contributed by atoms with E-state index in [0.717, 1.165) is 29.8 Å². The third-order valence-electron chi connectivity index (χ3n) is 4.52. The lowest BCUT2D eigenvalue weighted by Gasteiger charge is -2.12. The molecule has 0 radical (unpaired) electrons. The van der Waals surface area contributed by atoms with Crippen molar-refractivity contribution < 1.29 is 9.90 Å². The second-order valence-electron chi connectivity index (χ2n) is 6.86. The molecule has 5 N–H and O–H groups in total. The largest absolute Gasteiger partial charge is 0.387 e. The topological polar surface area (TPSA) is 100 Å². The number of anilines is 2. The molecular weight excluding hydrogens is 364 g/mol. The molecule has 0 saturated carbocycles. The molecular formula is C23H26N4O2. The van der Waals surface area contributed by atoms with Crippen molar-refractivity contribution >= 4 is 17.4 Å². The summed E-state index contributed by atoms with van der Waals surface area (Å²) in [6.45, 7) is 1.27. The van der Waals surface area contributed by atoms with Crippen molar-refractivity contribution in [3.63, 3.8) is 0 Å². The summed E-state index contributed by atoms with van der Waals surface area (Å²) in [6.07, 6.45) is 0.506. The number of hydrogen-bond acceptors (Lipinski definition) is 5. The minimum Gasteiger partial charge on any atom is -0.387 e. The van der Waals surface area contributed by atoms with E-state index < -0.39 is 6.10 Å². The Morgan fingerprint density at radius 3 is 2.48 bits per heavy atom. The van der Waals surface area contributed by atoms with Crippen molar-refractivity contribution in [3.8, 4) is 0 Å². The highest BCUT2D eigenvalue weighted by molar-refractivity contribution is 5.92.